The molecule has 0 spiro atoms. The molecule has 7 heteroatoms. The average molecular weight is 589 g/mol. The molecule has 3 amide bonds. The average Bonchev–Trinajstić information content (AvgIpc) is 3.02. The third-order valence-electron chi connectivity index (χ3n) is 4.72. The van der Waals surface area contributed by atoms with Gasteiger partial charge in [0.05, 0.1) is 11.0 Å². The number of hydrogen-bond donors (Lipinski definition) is 1. The summed E-state index contributed by atoms with van der Waals surface area (Å²) in [6.07, 6.45) is 1.67. The van der Waals surface area contributed by atoms with Crippen molar-refractivity contribution < 1.29 is 14.3 Å². The maximum atomic E-state index is 12.7. The predicted octanol–water partition coefficient (Wildman–Crippen LogP) is 5.73. The molecular formula is C24H18BrIN2O3. The largest absolute Gasteiger partial charge is 0.488 e. The van der Waals surface area contributed by atoms with E-state index in [4.69, 9.17) is 4.74 Å². The maximum Gasteiger partial charge on any atom is 0.329 e. The zero-order valence-corrected chi connectivity index (χ0v) is 20.1. The first-order valence-electron chi connectivity index (χ1n) is 9.55. The Morgan fingerprint density at radius 1 is 0.968 bits per heavy atom. The molecule has 1 heterocycles. The van der Waals surface area contributed by atoms with E-state index in [0.29, 0.717) is 12.4 Å². The van der Waals surface area contributed by atoms with Crippen LogP contribution in [0.3, 0.4) is 0 Å². The molecule has 3 aromatic rings. The Hall–Kier alpha value is -2.65. The third kappa shape index (κ3) is 5.34. The van der Waals surface area contributed by atoms with Crippen LogP contribution in [0.5, 0.6) is 5.75 Å². The lowest BCUT2D eigenvalue weighted by Crippen LogP contribution is -2.30. The summed E-state index contributed by atoms with van der Waals surface area (Å²) in [5.74, 6) is 0.359. The minimum absolute atomic E-state index is 0.234. The zero-order valence-electron chi connectivity index (χ0n) is 16.3. The van der Waals surface area contributed by atoms with Crippen molar-refractivity contribution in [3.63, 3.8) is 0 Å². The number of urea groups is 1. The van der Waals surface area contributed by atoms with Crippen molar-refractivity contribution in [2.24, 2.45) is 0 Å². The van der Waals surface area contributed by atoms with E-state index in [9.17, 15) is 9.59 Å². The van der Waals surface area contributed by atoms with Crippen LogP contribution >= 0.6 is 38.5 Å². The third-order valence-corrected chi connectivity index (χ3v) is 6.06. The van der Waals surface area contributed by atoms with Crippen molar-refractivity contribution >= 4 is 56.5 Å². The number of benzene rings is 3. The summed E-state index contributed by atoms with van der Waals surface area (Å²) in [5.41, 5.74) is 3.00. The molecule has 0 atom stereocenters. The summed E-state index contributed by atoms with van der Waals surface area (Å²) in [7, 11) is 0. The Labute approximate surface area is 202 Å². The van der Waals surface area contributed by atoms with Gasteiger partial charge in [-0.15, -0.1) is 0 Å². The van der Waals surface area contributed by atoms with Crippen molar-refractivity contribution in [1.82, 2.24) is 10.2 Å². The number of carbonyl (C=O) groups is 2. The maximum absolute atomic E-state index is 12.7. The standard InChI is InChI=1S/C24H18BrIN2O3/c25-20-12-18(8-11-22(20)31-15-17-6-9-19(26)10-7-17)13-21-23(29)28(24(30)27-21)14-16-4-2-1-3-5-16/h1-13H,14-15H2,(H,27,30)/b21-13+. The Bertz CT molecular complexity index is 1150. The van der Waals surface area contributed by atoms with Gasteiger partial charge in [-0.05, 0) is 85.6 Å². The number of ether oxygens (including phenoxy) is 1. The second-order valence-electron chi connectivity index (χ2n) is 6.97. The lowest BCUT2D eigenvalue weighted by Gasteiger charge is -2.11. The number of rotatable bonds is 6. The van der Waals surface area contributed by atoms with Crippen molar-refractivity contribution in [2.75, 3.05) is 0 Å². The smallest absolute Gasteiger partial charge is 0.329 e. The van der Waals surface area contributed by atoms with Gasteiger partial charge in [0.25, 0.3) is 5.91 Å². The van der Waals surface area contributed by atoms with Crippen molar-refractivity contribution in [2.45, 2.75) is 13.2 Å². The lowest BCUT2D eigenvalue weighted by atomic mass is 10.1. The Kier molecular flexibility index (Phi) is 6.72. The van der Waals surface area contributed by atoms with Gasteiger partial charge in [-0.1, -0.05) is 48.5 Å². The highest BCUT2D eigenvalue weighted by atomic mass is 127. The van der Waals surface area contributed by atoms with E-state index in [1.807, 2.05) is 72.8 Å². The van der Waals surface area contributed by atoms with Gasteiger partial charge in [-0.25, -0.2) is 4.79 Å². The highest BCUT2D eigenvalue weighted by Gasteiger charge is 2.33. The van der Waals surface area contributed by atoms with Crippen LogP contribution in [-0.4, -0.2) is 16.8 Å². The quantitative estimate of drug-likeness (QED) is 0.227. The van der Waals surface area contributed by atoms with Gasteiger partial charge in [-0.2, -0.15) is 0 Å². The topological polar surface area (TPSA) is 58.6 Å². The molecule has 0 saturated carbocycles. The number of halogens is 2. The molecule has 0 aliphatic carbocycles. The van der Waals surface area contributed by atoms with Crippen LogP contribution in [0.15, 0.2) is 83.0 Å². The first kappa shape index (κ1) is 21.6. The van der Waals surface area contributed by atoms with Crippen LogP contribution < -0.4 is 10.1 Å². The molecule has 1 aliphatic rings. The van der Waals surface area contributed by atoms with E-state index in [1.54, 1.807) is 6.08 Å². The molecule has 3 aromatic carbocycles. The van der Waals surface area contributed by atoms with Gasteiger partial charge in [0, 0.05) is 3.57 Å². The number of nitrogens with zero attached hydrogens (tertiary/aromatic N) is 1. The van der Waals surface area contributed by atoms with E-state index in [0.717, 1.165) is 21.2 Å². The molecular weight excluding hydrogens is 571 g/mol. The number of imide groups is 1. The van der Waals surface area contributed by atoms with Crippen molar-refractivity contribution in [3.8, 4) is 5.75 Å². The number of carbonyl (C=O) groups excluding carboxylic acids is 2. The van der Waals surface area contributed by atoms with Gasteiger partial charge in [-0.3, -0.25) is 9.69 Å². The van der Waals surface area contributed by atoms with Crippen LogP contribution in [0.1, 0.15) is 16.7 Å². The molecule has 5 nitrogen and oxygen atoms in total. The molecule has 0 radical (unpaired) electrons. The van der Waals surface area contributed by atoms with Crippen LogP contribution in [0, 0.1) is 3.57 Å². The van der Waals surface area contributed by atoms with Gasteiger partial charge in [0.15, 0.2) is 0 Å². The second kappa shape index (κ2) is 9.65. The minimum atomic E-state index is -0.420. The first-order chi connectivity index (χ1) is 15.0. The minimum Gasteiger partial charge on any atom is -0.488 e. The van der Waals surface area contributed by atoms with Gasteiger partial charge in [0.2, 0.25) is 0 Å². The Morgan fingerprint density at radius 2 is 1.71 bits per heavy atom. The van der Waals surface area contributed by atoms with Crippen LogP contribution in [0.2, 0.25) is 0 Å². The molecule has 0 unspecified atom stereocenters. The predicted molar refractivity (Wildman–Crippen MR) is 131 cm³/mol. The van der Waals surface area contributed by atoms with Crippen LogP contribution in [-0.2, 0) is 17.9 Å². The molecule has 31 heavy (non-hydrogen) atoms. The Morgan fingerprint density at radius 3 is 2.42 bits per heavy atom. The molecule has 156 valence electrons. The fourth-order valence-corrected chi connectivity index (χ4v) is 3.98. The number of nitrogens with one attached hydrogen (secondary N) is 1. The van der Waals surface area contributed by atoms with E-state index >= 15 is 0 Å². The molecule has 1 N–H and O–H groups in total. The molecule has 1 fully saturated rings. The summed E-state index contributed by atoms with van der Waals surface area (Å²) < 4.78 is 7.84. The van der Waals surface area contributed by atoms with E-state index in [2.05, 4.69) is 43.8 Å². The SMILES string of the molecule is O=C1N/C(=C/c2ccc(OCc3ccc(I)cc3)c(Br)c2)C(=O)N1Cc1ccccc1. The normalized spacial score (nSPS) is 14.8. The van der Waals surface area contributed by atoms with Gasteiger partial charge in [0.1, 0.15) is 18.1 Å². The lowest BCUT2D eigenvalue weighted by molar-refractivity contribution is -0.123. The highest BCUT2D eigenvalue weighted by Crippen LogP contribution is 2.28. The second-order valence-corrected chi connectivity index (χ2v) is 9.07. The van der Waals surface area contributed by atoms with Crippen LogP contribution in [0.25, 0.3) is 6.08 Å². The van der Waals surface area contributed by atoms with Crippen molar-refractivity contribution in [3.05, 3.63) is 103 Å². The highest BCUT2D eigenvalue weighted by molar-refractivity contribution is 14.1. The fourth-order valence-electron chi connectivity index (χ4n) is 3.11. The summed E-state index contributed by atoms with van der Waals surface area (Å²) in [4.78, 5) is 26.2. The van der Waals surface area contributed by atoms with Gasteiger partial charge < -0.3 is 10.1 Å². The van der Waals surface area contributed by atoms with E-state index in [1.165, 1.54) is 8.47 Å². The molecule has 1 saturated heterocycles. The summed E-state index contributed by atoms with van der Waals surface area (Å²) in [6.45, 7) is 0.691. The Balaban J connectivity index is 1.44. The van der Waals surface area contributed by atoms with E-state index in [-0.39, 0.29) is 18.1 Å². The van der Waals surface area contributed by atoms with Crippen molar-refractivity contribution in [1.29, 1.82) is 0 Å². The number of amides is 3. The summed E-state index contributed by atoms with van der Waals surface area (Å²) in [6, 6.07) is 22.7. The molecule has 0 bridgehead atoms. The summed E-state index contributed by atoms with van der Waals surface area (Å²) in [5, 5.41) is 2.66. The van der Waals surface area contributed by atoms with Crippen LogP contribution in [0.4, 0.5) is 4.79 Å². The molecule has 1 aliphatic heterocycles. The fraction of sp³-hybridized carbons (Fsp3) is 0.0833. The first-order valence-corrected chi connectivity index (χ1v) is 11.4. The molecule has 0 aromatic heterocycles. The van der Waals surface area contributed by atoms with E-state index < -0.39 is 6.03 Å². The van der Waals surface area contributed by atoms with Gasteiger partial charge >= 0.3 is 6.03 Å². The zero-order chi connectivity index (χ0) is 21.8. The monoisotopic (exact) mass is 588 g/mol. The summed E-state index contributed by atoms with van der Waals surface area (Å²) >= 11 is 5.79. The number of hydrogen-bond acceptors (Lipinski definition) is 3. The molecule has 4 rings (SSSR count).